The van der Waals surface area contributed by atoms with Gasteiger partial charge in [0.15, 0.2) is 0 Å². The molecule has 0 N–H and O–H groups in total. The summed E-state index contributed by atoms with van der Waals surface area (Å²) in [6, 6.07) is 10.3. The molecule has 2 bridgehead atoms. The first kappa shape index (κ1) is 20.3. The van der Waals surface area contributed by atoms with Crippen molar-refractivity contribution in [3.05, 3.63) is 76.5 Å². The van der Waals surface area contributed by atoms with E-state index in [0.29, 0.717) is 17.5 Å². The second-order valence-corrected chi connectivity index (χ2v) is 9.15. The van der Waals surface area contributed by atoms with Crippen molar-refractivity contribution < 1.29 is 9.18 Å². The maximum atomic E-state index is 14.2. The van der Waals surface area contributed by atoms with Crippen molar-refractivity contribution in [3.8, 4) is 11.3 Å². The van der Waals surface area contributed by atoms with Crippen molar-refractivity contribution in [1.82, 2.24) is 24.6 Å². The lowest BCUT2D eigenvalue weighted by Crippen LogP contribution is -2.49. The number of aromatic nitrogens is 4. The highest BCUT2D eigenvalue weighted by Gasteiger charge is 2.43. The van der Waals surface area contributed by atoms with Crippen molar-refractivity contribution in [2.24, 2.45) is 7.05 Å². The van der Waals surface area contributed by atoms with E-state index in [9.17, 15) is 9.18 Å². The largest absolute Gasteiger partial charge is 0.327 e. The molecule has 1 saturated heterocycles. The number of carbonyl (C=O) groups excluding carboxylic acids is 1. The van der Waals surface area contributed by atoms with Crippen LogP contribution in [0.2, 0.25) is 5.02 Å². The van der Waals surface area contributed by atoms with Crippen molar-refractivity contribution in [1.29, 1.82) is 0 Å². The number of hydrogen-bond acceptors (Lipinski definition) is 4. The fourth-order valence-corrected chi connectivity index (χ4v) is 5.52. The van der Waals surface area contributed by atoms with Gasteiger partial charge in [0.25, 0.3) is 5.91 Å². The molecule has 6 rings (SSSR count). The first-order valence-corrected chi connectivity index (χ1v) is 11.4. The summed E-state index contributed by atoms with van der Waals surface area (Å²) in [5.74, 6) is -0.455. The molecule has 0 saturated carbocycles. The van der Waals surface area contributed by atoms with Gasteiger partial charge in [-0.25, -0.2) is 4.39 Å². The first-order valence-electron chi connectivity index (χ1n) is 11.1. The van der Waals surface area contributed by atoms with E-state index in [1.807, 2.05) is 40.9 Å². The van der Waals surface area contributed by atoms with Crippen LogP contribution in [0.15, 0.2) is 48.8 Å². The Morgan fingerprint density at radius 1 is 1.09 bits per heavy atom. The number of rotatable bonds is 2. The second-order valence-electron chi connectivity index (χ2n) is 8.74. The smallest absolute Gasteiger partial charge is 0.254 e. The van der Waals surface area contributed by atoms with E-state index in [1.54, 1.807) is 18.5 Å². The molecule has 33 heavy (non-hydrogen) atoms. The number of carbonyl (C=O) groups is 1. The summed E-state index contributed by atoms with van der Waals surface area (Å²) in [6.45, 7) is 0. The van der Waals surface area contributed by atoms with Crippen molar-refractivity contribution in [2.75, 3.05) is 0 Å². The molecule has 2 atom stereocenters. The lowest BCUT2D eigenvalue weighted by Gasteiger charge is -2.45. The monoisotopic (exact) mass is 461 g/mol. The molecule has 2 aromatic carbocycles. The Kier molecular flexibility index (Phi) is 4.69. The SMILES string of the molecule is Cn1nc2c(c1-c1ccc(Cl)c(F)c1)CC1CCCC2N1C(=O)c1ccc2nccnc2c1. The Morgan fingerprint density at radius 3 is 2.73 bits per heavy atom. The summed E-state index contributed by atoms with van der Waals surface area (Å²) in [5, 5.41) is 4.92. The average molecular weight is 462 g/mol. The molecular formula is C25H21ClFN5O. The molecule has 2 unspecified atom stereocenters. The third-order valence-corrected chi connectivity index (χ3v) is 7.13. The lowest BCUT2D eigenvalue weighted by atomic mass is 9.81. The van der Waals surface area contributed by atoms with Crippen molar-refractivity contribution >= 4 is 28.5 Å². The predicted molar refractivity (Wildman–Crippen MR) is 123 cm³/mol. The number of benzene rings is 2. The maximum absolute atomic E-state index is 14.2. The molecule has 1 amide bonds. The van der Waals surface area contributed by atoms with E-state index in [2.05, 4.69) is 9.97 Å². The predicted octanol–water partition coefficient (Wildman–Crippen LogP) is 5.11. The topological polar surface area (TPSA) is 63.9 Å². The van der Waals surface area contributed by atoms with Crippen LogP contribution in [0.4, 0.5) is 4.39 Å². The van der Waals surface area contributed by atoms with Crippen LogP contribution >= 0.6 is 11.6 Å². The van der Waals surface area contributed by atoms with Gasteiger partial charge in [-0.3, -0.25) is 19.4 Å². The van der Waals surface area contributed by atoms with Gasteiger partial charge < -0.3 is 4.90 Å². The van der Waals surface area contributed by atoms with Gasteiger partial charge in [-0.15, -0.1) is 0 Å². The van der Waals surface area contributed by atoms with E-state index in [4.69, 9.17) is 16.7 Å². The minimum Gasteiger partial charge on any atom is -0.327 e. The van der Waals surface area contributed by atoms with Gasteiger partial charge in [-0.1, -0.05) is 17.7 Å². The molecule has 4 heterocycles. The van der Waals surface area contributed by atoms with Gasteiger partial charge in [0.2, 0.25) is 0 Å². The average Bonchev–Trinajstić information content (AvgIpc) is 3.15. The Hall–Kier alpha value is -3.32. The first-order chi connectivity index (χ1) is 16.0. The van der Waals surface area contributed by atoms with E-state index in [0.717, 1.165) is 47.3 Å². The van der Waals surface area contributed by atoms with Crippen LogP contribution in [0.5, 0.6) is 0 Å². The van der Waals surface area contributed by atoms with Gasteiger partial charge in [0.05, 0.1) is 33.5 Å². The second kappa shape index (κ2) is 7.63. The highest BCUT2D eigenvalue weighted by molar-refractivity contribution is 6.30. The number of halogens is 2. The zero-order valence-electron chi connectivity index (χ0n) is 18.0. The summed E-state index contributed by atoms with van der Waals surface area (Å²) >= 11 is 5.90. The highest BCUT2D eigenvalue weighted by atomic mass is 35.5. The third kappa shape index (κ3) is 3.22. The Morgan fingerprint density at radius 2 is 1.91 bits per heavy atom. The Balaban J connectivity index is 1.42. The minimum absolute atomic E-state index is 0.00681. The molecule has 2 aliphatic rings. The summed E-state index contributed by atoms with van der Waals surface area (Å²) in [4.78, 5) is 24.3. The maximum Gasteiger partial charge on any atom is 0.254 e. The van der Waals surface area contributed by atoms with Crippen molar-refractivity contribution in [2.45, 2.75) is 37.8 Å². The summed E-state index contributed by atoms with van der Waals surface area (Å²) in [7, 11) is 1.87. The molecule has 4 aromatic rings. The lowest BCUT2D eigenvalue weighted by molar-refractivity contribution is 0.0392. The standard InChI is InChI=1S/C25H21ClFN5O/c1-31-24(14-5-7-18(26)19(27)11-14)17-13-16-3-2-4-22(23(17)30-31)32(16)25(33)15-6-8-20-21(12-15)29-10-9-28-20/h5-12,16,22H,2-4,13H2,1H3. The Bertz CT molecular complexity index is 1420. The minimum atomic E-state index is -0.448. The molecule has 2 aliphatic heterocycles. The molecule has 0 aliphatic carbocycles. The summed E-state index contributed by atoms with van der Waals surface area (Å²) < 4.78 is 16.0. The van der Waals surface area contributed by atoms with Gasteiger partial charge in [-0.2, -0.15) is 5.10 Å². The number of piperidine rings is 1. The van der Waals surface area contributed by atoms with Crippen LogP contribution in [-0.2, 0) is 13.5 Å². The zero-order valence-corrected chi connectivity index (χ0v) is 18.8. The van der Waals surface area contributed by atoms with E-state index in [-0.39, 0.29) is 23.0 Å². The van der Waals surface area contributed by atoms with Gasteiger partial charge in [0, 0.05) is 42.2 Å². The highest BCUT2D eigenvalue weighted by Crippen LogP contribution is 2.45. The number of hydrogen-bond donors (Lipinski definition) is 0. The van der Waals surface area contributed by atoms with Crippen LogP contribution in [0.1, 0.15) is 46.9 Å². The van der Waals surface area contributed by atoms with E-state index in [1.165, 1.54) is 6.07 Å². The van der Waals surface area contributed by atoms with Crippen LogP contribution < -0.4 is 0 Å². The normalized spacial score (nSPS) is 19.5. The van der Waals surface area contributed by atoms with Crippen LogP contribution in [0, 0.1) is 5.82 Å². The van der Waals surface area contributed by atoms with Crippen LogP contribution in [0.3, 0.4) is 0 Å². The summed E-state index contributed by atoms with van der Waals surface area (Å²) in [6.07, 6.45) is 6.80. The van der Waals surface area contributed by atoms with Gasteiger partial charge in [0.1, 0.15) is 5.82 Å². The molecule has 8 heteroatoms. The van der Waals surface area contributed by atoms with Crippen molar-refractivity contribution in [3.63, 3.8) is 0 Å². The van der Waals surface area contributed by atoms with Crippen LogP contribution in [0.25, 0.3) is 22.3 Å². The molecular weight excluding hydrogens is 441 g/mol. The number of aryl methyl sites for hydroxylation is 1. The van der Waals surface area contributed by atoms with Gasteiger partial charge in [-0.05, 0) is 56.0 Å². The number of nitrogens with zero attached hydrogens (tertiary/aromatic N) is 5. The van der Waals surface area contributed by atoms with E-state index < -0.39 is 5.82 Å². The fraction of sp³-hybridized carbons (Fsp3) is 0.280. The number of fused-ring (bicyclic) bond motifs is 5. The number of amides is 1. The summed E-state index contributed by atoms with van der Waals surface area (Å²) in [5.41, 5.74) is 5.73. The van der Waals surface area contributed by atoms with Crippen LogP contribution in [-0.4, -0.2) is 36.6 Å². The molecule has 0 radical (unpaired) electrons. The third-order valence-electron chi connectivity index (χ3n) is 6.82. The fourth-order valence-electron chi connectivity index (χ4n) is 5.40. The molecule has 1 fully saturated rings. The van der Waals surface area contributed by atoms with Gasteiger partial charge >= 0.3 is 0 Å². The Labute approximate surface area is 195 Å². The molecule has 6 nitrogen and oxygen atoms in total. The molecule has 0 spiro atoms. The zero-order chi connectivity index (χ0) is 22.7. The van der Waals surface area contributed by atoms with E-state index >= 15 is 0 Å². The molecule has 166 valence electrons. The quantitative estimate of drug-likeness (QED) is 0.416. The molecule has 2 aromatic heterocycles.